The molecule has 0 unspecified atom stereocenters. The van der Waals surface area contributed by atoms with Crippen molar-refractivity contribution in [3.63, 3.8) is 0 Å². The van der Waals surface area contributed by atoms with Gasteiger partial charge in [0.15, 0.2) is 0 Å². The molecule has 1 fully saturated rings. The normalized spacial score (nSPS) is 14.2. The maximum Gasteiger partial charge on any atom is 0.270 e. The molecule has 0 radical (unpaired) electrons. The smallest absolute Gasteiger partial charge is 0.270 e. The molecule has 2 aromatic carbocycles. The molecule has 1 heterocycles. The van der Waals surface area contributed by atoms with Crippen LogP contribution in [0.25, 0.3) is 0 Å². The van der Waals surface area contributed by atoms with Gasteiger partial charge in [-0.05, 0) is 24.7 Å². The topological polar surface area (TPSA) is 108 Å². The zero-order valence-corrected chi connectivity index (χ0v) is 16.8. The van der Waals surface area contributed by atoms with E-state index in [1.54, 1.807) is 0 Å². The van der Waals surface area contributed by atoms with E-state index in [1.807, 2.05) is 24.3 Å². The minimum Gasteiger partial charge on any atom is -0.367 e. The summed E-state index contributed by atoms with van der Waals surface area (Å²) in [5.41, 5.74) is 1.60. The van der Waals surface area contributed by atoms with Gasteiger partial charge in [-0.2, -0.15) is 0 Å². The van der Waals surface area contributed by atoms with Gasteiger partial charge in [-0.3, -0.25) is 19.7 Å². The van der Waals surface area contributed by atoms with Crippen LogP contribution in [0.15, 0.2) is 48.5 Å². The second-order valence-electron chi connectivity index (χ2n) is 6.98. The van der Waals surface area contributed by atoms with E-state index in [0.717, 1.165) is 38.4 Å². The number of likely N-dealkylation sites (N-methyl/N-ethyl adjacent to an activating group) is 1. The van der Waals surface area contributed by atoms with Crippen molar-refractivity contribution >= 4 is 28.9 Å². The van der Waals surface area contributed by atoms with Gasteiger partial charge in [0.2, 0.25) is 5.91 Å². The Kier molecular flexibility index (Phi) is 6.97. The van der Waals surface area contributed by atoms with Gasteiger partial charge in [-0.1, -0.05) is 25.1 Å². The molecule has 0 saturated carbocycles. The van der Waals surface area contributed by atoms with Gasteiger partial charge in [0.05, 0.1) is 22.8 Å². The quantitative estimate of drug-likeness (QED) is 0.534. The lowest BCUT2D eigenvalue weighted by molar-refractivity contribution is -0.384. The van der Waals surface area contributed by atoms with Crippen LogP contribution in [0.2, 0.25) is 0 Å². The van der Waals surface area contributed by atoms with E-state index < -0.39 is 10.8 Å². The zero-order valence-electron chi connectivity index (χ0n) is 16.8. The Hall–Kier alpha value is -3.46. The molecule has 158 valence electrons. The van der Waals surface area contributed by atoms with Gasteiger partial charge in [-0.15, -0.1) is 0 Å². The fourth-order valence-electron chi connectivity index (χ4n) is 3.38. The summed E-state index contributed by atoms with van der Waals surface area (Å²) in [5, 5.41) is 16.2. The van der Waals surface area contributed by atoms with Crippen molar-refractivity contribution in [2.75, 3.05) is 49.5 Å². The molecule has 2 amide bonds. The summed E-state index contributed by atoms with van der Waals surface area (Å²) in [4.78, 5) is 39.5. The summed E-state index contributed by atoms with van der Waals surface area (Å²) >= 11 is 0. The lowest BCUT2D eigenvalue weighted by Crippen LogP contribution is -2.46. The number of non-ortho nitro benzene ring substituents is 1. The molecule has 0 aliphatic carbocycles. The van der Waals surface area contributed by atoms with Crippen molar-refractivity contribution in [1.82, 2.24) is 10.2 Å². The zero-order chi connectivity index (χ0) is 21.5. The average molecular weight is 411 g/mol. The summed E-state index contributed by atoms with van der Waals surface area (Å²) in [6.07, 6.45) is 0. The molecule has 1 aliphatic rings. The van der Waals surface area contributed by atoms with Gasteiger partial charge in [0.1, 0.15) is 0 Å². The van der Waals surface area contributed by atoms with Crippen molar-refractivity contribution in [1.29, 1.82) is 0 Å². The molecule has 9 heteroatoms. The first kappa shape index (κ1) is 21.3. The van der Waals surface area contributed by atoms with Crippen molar-refractivity contribution in [2.24, 2.45) is 0 Å². The number of nitrogens with zero attached hydrogens (tertiary/aromatic N) is 3. The van der Waals surface area contributed by atoms with Gasteiger partial charge in [0, 0.05) is 43.9 Å². The Labute approximate surface area is 174 Å². The SMILES string of the molecule is CCN1CCN(c2ccccc2NC(=O)CNC(=O)c2cccc([N+](=O)[O-])c2)CC1. The standard InChI is InChI=1S/C21H25N5O4/c1-2-24-10-12-25(13-11-24)19-9-4-3-8-18(19)23-20(27)15-22-21(28)16-6-5-7-17(14-16)26(29)30/h3-9,14H,2,10-13,15H2,1H3,(H,22,28)(H,23,27). The number of rotatable bonds is 7. The third kappa shape index (κ3) is 5.32. The minimum absolute atomic E-state index is 0.131. The Morgan fingerprint density at radius 2 is 1.80 bits per heavy atom. The number of hydrogen-bond donors (Lipinski definition) is 2. The summed E-state index contributed by atoms with van der Waals surface area (Å²) < 4.78 is 0. The Morgan fingerprint density at radius 3 is 2.50 bits per heavy atom. The largest absolute Gasteiger partial charge is 0.367 e. The molecule has 2 N–H and O–H groups in total. The van der Waals surface area contributed by atoms with Crippen LogP contribution >= 0.6 is 0 Å². The molecule has 2 aromatic rings. The molecule has 0 bridgehead atoms. The summed E-state index contributed by atoms with van der Waals surface area (Å²) in [7, 11) is 0. The number of piperazine rings is 1. The average Bonchev–Trinajstić information content (AvgIpc) is 2.78. The number of carbonyl (C=O) groups excluding carboxylic acids is 2. The second kappa shape index (κ2) is 9.84. The third-order valence-electron chi connectivity index (χ3n) is 5.07. The molecule has 9 nitrogen and oxygen atoms in total. The number of carbonyl (C=O) groups is 2. The van der Waals surface area contributed by atoms with E-state index in [1.165, 1.54) is 24.3 Å². The van der Waals surface area contributed by atoms with Crippen molar-refractivity contribution in [3.8, 4) is 0 Å². The van der Waals surface area contributed by atoms with Crippen LogP contribution in [0.1, 0.15) is 17.3 Å². The predicted molar refractivity (Wildman–Crippen MR) is 115 cm³/mol. The highest BCUT2D eigenvalue weighted by Gasteiger charge is 2.19. The van der Waals surface area contributed by atoms with Crippen molar-refractivity contribution in [2.45, 2.75) is 6.92 Å². The first-order valence-electron chi connectivity index (χ1n) is 9.86. The minimum atomic E-state index is -0.569. The maximum absolute atomic E-state index is 12.4. The molecule has 0 spiro atoms. The number of nitro groups is 1. The number of benzene rings is 2. The molecule has 3 rings (SSSR count). The summed E-state index contributed by atoms with van der Waals surface area (Å²) in [6.45, 7) is 6.63. The molecule has 30 heavy (non-hydrogen) atoms. The van der Waals surface area contributed by atoms with E-state index in [0.29, 0.717) is 5.69 Å². The lowest BCUT2D eigenvalue weighted by atomic mass is 10.2. The number of para-hydroxylation sites is 2. The highest BCUT2D eigenvalue weighted by Crippen LogP contribution is 2.26. The molecule has 1 saturated heterocycles. The molecule has 0 aromatic heterocycles. The number of anilines is 2. The fourth-order valence-corrected chi connectivity index (χ4v) is 3.38. The van der Waals surface area contributed by atoms with Gasteiger partial charge < -0.3 is 20.4 Å². The van der Waals surface area contributed by atoms with E-state index in [9.17, 15) is 19.7 Å². The Morgan fingerprint density at radius 1 is 1.07 bits per heavy atom. The van der Waals surface area contributed by atoms with Crippen LogP contribution in [0.4, 0.5) is 17.1 Å². The number of nitrogens with one attached hydrogen (secondary N) is 2. The number of amides is 2. The van der Waals surface area contributed by atoms with Crippen LogP contribution in [0.5, 0.6) is 0 Å². The van der Waals surface area contributed by atoms with Crippen LogP contribution < -0.4 is 15.5 Å². The van der Waals surface area contributed by atoms with Gasteiger partial charge in [-0.25, -0.2) is 0 Å². The lowest BCUT2D eigenvalue weighted by Gasteiger charge is -2.36. The predicted octanol–water partition coefficient (Wildman–Crippen LogP) is 2.11. The van der Waals surface area contributed by atoms with Crippen LogP contribution in [0, 0.1) is 10.1 Å². The molecular weight excluding hydrogens is 386 g/mol. The van der Waals surface area contributed by atoms with Crippen molar-refractivity contribution < 1.29 is 14.5 Å². The third-order valence-corrected chi connectivity index (χ3v) is 5.07. The maximum atomic E-state index is 12.4. The Bertz CT molecular complexity index is 925. The molecular formula is C21H25N5O4. The van der Waals surface area contributed by atoms with Gasteiger partial charge in [0.25, 0.3) is 11.6 Å². The summed E-state index contributed by atoms with van der Waals surface area (Å²) in [5.74, 6) is -0.911. The van der Waals surface area contributed by atoms with Gasteiger partial charge >= 0.3 is 0 Å². The van der Waals surface area contributed by atoms with E-state index >= 15 is 0 Å². The van der Waals surface area contributed by atoms with Crippen LogP contribution in [-0.2, 0) is 4.79 Å². The van der Waals surface area contributed by atoms with E-state index in [4.69, 9.17) is 0 Å². The second-order valence-corrected chi connectivity index (χ2v) is 6.98. The number of nitro benzene ring substituents is 1. The van der Waals surface area contributed by atoms with Crippen LogP contribution in [-0.4, -0.2) is 60.9 Å². The molecule has 0 atom stereocenters. The van der Waals surface area contributed by atoms with E-state index in [-0.39, 0.29) is 23.7 Å². The highest BCUT2D eigenvalue weighted by molar-refractivity contribution is 6.00. The molecule has 1 aliphatic heterocycles. The fraction of sp³-hybridized carbons (Fsp3) is 0.333. The van der Waals surface area contributed by atoms with Crippen LogP contribution in [0.3, 0.4) is 0 Å². The monoisotopic (exact) mass is 411 g/mol. The Balaban J connectivity index is 1.58. The van der Waals surface area contributed by atoms with Crippen molar-refractivity contribution in [3.05, 3.63) is 64.2 Å². The summed E-state index contributed by atoms with van der Waals surface area (Å²) in [6, 6.07) is 13.0. The van der Waals surface area contributed by atoms with E-state index in [2.05, 4.69) is 27.4 Å². The first-order valence-corrected chi connectivity index (χ1v) is 9.86. The highest BCUT2D eigenvalue weighted by atomic mass is 16.6. The first-order chi connectivity index (χ1) is 14.5. The number of hydrogen-bond acceptors (Lipinski definition) is 6.